The Morgan fingerprint density at radius 1 is 0.967 bits per heavy atom. The third-order valence-corrected chi connectivity index (χ3v) is 4.26. The predicted octanol–water partition coefficient (Wildman–Crippen LogP) is 3.20. The number of anilines is 1. The van der Waals surface area contributed by atoms with Crippen molar-refractivity contribution >= 4 is 23.5 Å². The fourth-order valence-electron chi connectivity index (χ4n) is 2.61. The van der Waals surface area contributed by atoms with Gasteiger partial charge >= 0.3 is 5.97 Å². The summed E-state index contributed by atoms with van der Waals surface area (Å²) in [5.41, 5.74) is 1.56. The van der Waals surface area contributed by atoms with Crippen molar-refractivity contribution in [3.63, 3.8) is 0 Å². The van der Waals surface area contributed by atoms with E-state index in [0.717, 1.165) is 11.3 Å². The molecule has 30 heavy (non-hydrogen) atoms. The lowest BCUT2D eigenvalue weighted by Crippen LogP contribution is -2.31. The normalized spacial score (nSPS) is 10.4. The van der Waals surface area contributed by atoms with Crippen LogP contribution in [0.15, 0.2) is 48.5 Å². The molecular weight excluding hydrogens is 384 g/mol. The average Bonchev–Trinajstić information content (AvgIpc) is 2.75. The van der Waals surface area contributed by atoms with Gasteiger partial charge in [-0.3, -0.25) is 9.59 Å². The lowest BCUT2D eigenvalue weighted by atomic mass is 10.1. The Hall–Kier alpha value is -3.35. The maximum atomic E-state index is 12.4. The van der Waals surface area contributed by atoms with Crippen LogP contribution in [-0.2, 0) is 20.7 Å². The molecule has 2 aromatic rings. The molecule has 2 rings (SSSR count). The third kappa shape index (κ3) is 7.58. The Kier molecular flexibility index (Phi) is 8.87. The number of methoxy groups -OCH3 is 1. The first kappa shape index (κ1) is 22.9. The maximum Gasteiger partial charge on any atom is 0.340 e. The van der Waals surface area contributed by atoms with Crippen molar-refractivity contribution in [1.82, 2.24) is 5.32 Å². The van der Waals surface area contributed by atoms with Crippen LogP contribution in [0.25, 0.3) is 0 Å². The molecule has 0 fully saturated rings. The number of esters is 1. The summed E-state index contributed by atoms with van der Waals surface area (Å²) in [5.74, 6) is -0.188. The number of carbonyl (C=O) groups excluding carboxylic acids is 3. The molecule has 0 aliphatic rings. The molecule has 0 radical (unpaired) electrons. The maximum absolute atomic E-state index is 12.4. The van der Waals surface area contributed by atoms with E-state index in [2.05, 4.69) is 10.6 Å². The molecule has 160 valence electrons. The molecule has 0 heterocycles. The molecule has 0 bridgehead atoms. The Morgan fingerprint density at radius 3 is 2.33 bits per heavy atom. The Bertz CT molecular complexity index is 862. The number of carbonyl (C=O) groups is 3. The lowest BCUT2D eigenvalue weighted by Gasteiger charge is -2.12. The smallest absolute Gasteiger partial charge is 0.340 e. The van der Waals surface area contributed by atoms with Crippen LogP contribution in [0, 0.1) is 5.92 Å². The number of aryl methyl sites for hydroxylation is 1. The molecule has 0 atom stereocenters. The van der Waals surface area contributed by atoms with Crippen LogP contribution in [0.1, 0.15) is 36.2 Å². The highest BCUT2D eigenvalue weighted by Gasteiger charge is 2.16. The Morgan fingerprint density at radius 2 is 1.67 bits per heavy atom. The number of rotatable bonds is 10. The van der Waals surface area contributed by atoms with Crippen LogP contribution in [0.4, 0.5) is 5.69 Å². The Balaban J connectivity index is 1.89. The first-order chi connectivity index (χ1) is 14.4. The number of hydrogen-bond acceptors (Lipinski definition) is 5. The van der Waals surface area contributed by atoms with Crippen molar-refractivity contribution in [3.05, 3.63) is 59.7 Å². The van der Waals surface area contributed by atoms with Gasteiger partial charge in [0.15, 0.2) is 6.61 Å². The highest BCUT2D eigenvalue weighted by molar-refractivity contribution is 6.01. The van der Waals surface area contributed by atoms with Gasteiger partial charge in [-0.25, -0.2) is 4.79 Å². The van der Waals surface area contributed by atoms with E-state index in [1.165, 1.54) is 0 Å². The van der Waals surface area contributed by atoms with Crippen molar-refractivity contribution in [2.45, 2.75) is 26.7 Å². The van der Waals surface area contributed by atoms with E-state index in [-0.39, 0.29) is 30.4 Å². The van der Waals surface area contributed by atoms with E-state index in [9.17, 15) is 14.4 Å². The molecule has 0 saturated heterocycles. The van der Waals surface area contributed by atoms with E-state index >= 15 is 0 Å². The summed E-state index contributed by atoms with van der Waals surface area (Å²) < 4.78 is 10.2. The number of amides is 2. The summed E-state index contributed by atoms with van der Waals surface area (Å²) in [6, 6.07) is 14.1. The fourth-order valence-corrected chi connectivity index (χ4v) is 2.61. The summed E-state index contributed by atoms with van der Waals surface area (Å²) in [7, 11) is 1.60. The number of para-hydroxylation sites is 1. The van der Waals surface area contributed by atoms with Gasteiger partial charge in [0.2, 0.25) is 5.91 Å². The van der Waals surface area contributed by atoms with Gasteiger partial charge in [0.05, 0.1) is 18.4 Å². The predicted molar refractivity (Wildman–Crippen MR) is 115 cm³/mol. The largest absolute Gasteiger partial charge is 0.497 e. The zero-order valence-corrected chi connectivity index (χ0v) is 17.6. The molecule has 0 aliphatic heterocycles. The lowest BCUT2D eigenvalue weighted by molar-refractivity contribution is -0.124. The molecule has 2 N–H and O–H groups in total. The monoisotopic (exact) mass is 412 g/mol. The standard InChI is InChI=1S/C23H28N2O5/c1-16(2)14-24-22(27)15-30-23(28)19-6-4-5-7-20(19)25-21(26)13-10-17-8-11-18(29-3)12-9-17/h4-9,11-12,16H,10,13-15H2,1-3H3,(H,24,27)(H,25,26). The first-order valence-corrected chi connectivity index (χ1v) is 9.84. The van der Waals surface area contributed by atoms with Crippen LogP contribution in [0.2, 0.25) is 0 Å². The second-order valence-electron chi connectivity index (χ2n) is 7.22. The molecule has 2 amide bonds. The van der Waals surface area contributed by atoms with Gasteiger partial charge in [-0.1, -0.05) is 38.1 Å². The third-order valence-electron chi connectivity index (χ3n) is 4.26. The second kappa shape index (κ2) is 11.6. The summed E-state index contributed by atoms with van der Waals surface area (Å²) in [6.45, 7) is 4.09. The van der Waals surface area contributed by atoms with Gasteiger partial charge in [0, 0.05) is 13.0 Å². The molecular formula is C23H28N2O5. The minimum Gasteiger partial charge on any atom is -0.497 e. The molecule has 0 aliphatic carbocycles. The molecule has 0 unspecified atom stereocenters. The minimum atomic E-state index is -0.666. The average molecular weight is 412 g/mol. The van der Waals surface area contributed by atoms with Gasteiger partial charge in [-0.15, -0.1) is 0 Å². The summed E-state index contributed by atoms with van der Waals surface area (Å²) >= 11 is 0. The van der Waals surface area contributed by atoms with Gasteiger partial charge in [-0.2, -0.15) is 0 Å². The molecule has 0 saturated carbocycles. The first-order valence-electron chi connectivity index (χ1n) is 9.84. The van der Waals surface area contributed by atoms with Crippen molar-refractivity contribution in [2.24, 2.45) is 5.92 Å². The van der Waals surface area contributed by atoms with Crippen molar-refractivity contribution in [2.75, 3.05) is 25.6 Å². The highest BCUT2D eigenvalue weighted by atomic mass is 16.5. The van der Waals surface area contributed by atoms with Gasteiger partial charge in [0.1, 0.15) is 5.75 Å². The van der Waals surface area contributed by atoms with E-state index in [0.29, 0.717) is 24.6 Å². The minimum absolute atomic E-state index is 0.201. The van der Waals surface area contributed by atoms with E-state index in [1.807, 2.05) is 38.1 Å². The van der Waals surface area contributed by atoms with Crippen LogP contribution < -0.4 is 15.4 Å². The number of hydrogen-bond donors (Lipinski definition) is 2. The SMILES string of the molecule is COc1ccc(CCC(=O)Nc2ccccc2C(=O)OCC(=O)NCC(C)C)cc1. The number of nitrogens with one attached hydrogen (secondary N) is 2. The van der Waals surface area contributed by atoms with Gasteiger partial charge < -0.3 is 20.1 Å². The summed E-state index contributed by atoms with van der Waals surface area (Å²) in [5, 5.41) is 5.43. The van der Waals surface area contributed by atoms with Gasteiger partial charge in [0.25, 0.3) is 5.91 Å². The summed E-state index contributed by atoms with van der Waals surface area (Å²) in [4.78, 5) is 36.5. The highest BCUT2D eigenvalue weighted by Crippen LogP contribution is 2.17. The Labute approximate surface area is 176 Å². The van der Waals surface area contributed by atoms with Crippen molar-refractivity contribution < 1.29 is 23.9 Å². The summed E-state index contributed by atoms with van der Waals surface area (Å²) in [6.07, 6.45) is 0.811. The molecule has 0 spiro atoms. The molecule has 2 aromatic carbocycles. The number of benzene rings is 2. The van der Waals surface area contributed by atoms with Crippen molar-refractivity contribution in [1.29, 1.82) is 0 Å². The van der Waals surface area contributed by atoms with Crippen LogP contribution >= 0.6 is 0 Å². The van der Waals surface area contributed by atoms with E-state index in [4.69, 9.17) is 9.47 Å². The quantitative estimate of drug-likeness (QED) is 0.585. The van der Waals surface area contributed by atoms with Gasteiger partial charge in [-0.05, 0) is 42.2 Å². The topological polar surface area (TPSA) is 93.7 Å². The van der Waals surface area contributed by atoms with E-state index in [1.54, 1.807) is 31.4 Å². The molecule has 7 nitrogen and oxygen atoms in total. The zero-order chi connectivity index (χ0) is 21.9. The second-order valence-corrected chi connectivity index (χ2v) is 7.22. The van der Waals surface area contributed by atoms with Crippen LogP contribution in [0.3, 0.4) is 0 Å². The van der Waals surface area contributed by atoms with Crippen LogP contribution in [0.5, 0.6) is 5.75 Å². The molecule has 7 heteroatoms. The zero-order valence-electron chi connectivity index (χ0n) is 17.6. The van der Waals surface area contributed by atoms with E-state index < -0.39 is 5.97 Å². The number of ether oxygens (including phenoxy) is 2. The fraction of sp³-hybridized carbons (Fsp3) is 0.348. The van der Waals surface area contributed by atoms with Crippen molar-refractivity contribution in [3.8, 4) is 5.75 Å². The van der Waals surface area contributed by atoms with Crippen LogP contribution in [-0.4, -0.2) is 38.0 Å². The molecule has 0 aromatic heterocycles.